The van der Waals surface area contributed by atoms with Gasteiger partial charge in [0.15, 0.2) is 18.1 Å². The van der Waals surface area contributed by atoms with Crippen LogP contribution in [0.5, 0.6) is 11.5 Å². The number of amides is 1. The topological polar surface area (TPSA) is 59.6 Å². The number of likely N-dealkylation sites (N-methyl/N-ethyl adjacent to an activating group) is 1. The van der Waals surface area contributed by atoms with Crippen LogP contribution >= 0.6 is 0 Å². The lowest BCUT2D eigenvalue weighted by Crippen LogP contribution is -2.28. The number of nitrogens with one attached hydrogen (secondary N) is 2. The molecule has 5 heteroatoms. The Morgan fingerprint density at radius 1 is 1.28 bits per heavy atom. The zero-order valence-electron chi connectivity index (χ0n) is 15.8. The molecular weight excluding hydrogens is 316 g/mol. The van der Waals surface area contributed by atoms with Crippen molar-refractivity contribution in [3.8, 4) is 11.5 Å². The van der Waals surface area contributed by atoms with Crippen molar-refractivity contribution in [2.24, 2.45) is 11.8 Å². The summed E-state index contributed by atoms with van der Waals surface area (Å²) in [6.45, 7) is 6.73. The van der Waals surface area contributed by atoms with E-state index in [2.05, 4.69) is 17.6 Å². The molecule has 140 valence electrons. The third-order valence-corrected chi connectivity index (χ3v) is 4.77. The van der Waals surface area contributed by atoms with E-state index in [9.17, 15) is 4.79 Å². The molecule has 2 N–H and O–H groups in total. The molecule has 1 saturated carbocycles. The van der Waals surface area contributed by atoms with E-state index in [4.69, 9.17) is 9.47 Å². The maximum absolute atomic E-state index is 11.5. The summed E-state index contributed by atoms with van der Waals surface area (Å²) in [6, 6.07) is 5.87. The minimum Gasteiger partial charge on any atom is -0.493 e. The van der Waals surface area contributed by atoms with Crippen LogP contribution in [0.25, 0.3) is 0 Å². The Morgan fingerprint density at radius 2 is 2.12 bits per heavy atom. The van der Waals surface area contributed by atoms with E-state index in [1.807, 2.05) is 25.1 Å². The summed E-state index contributed by atoms with van der Waals surface area (Å²) >= 11 is 0. The van der Waals surface area contributed by atoms with E-state index < -0.39 is 0 Å². The standard InChI is InChI=1S/C20H32N2O3/c1-4-22-20(23)14-25-18-9-8-17(11-19(18)24-3)13-21-12-16-7-5-6-15(2)10-16/h8-9,11,15-16,21H,4-7,10,12-14H2,1-3H3,(H,22,23). The molecule has 0 aromatic heterocycles. The minimum atomic E-state index is -0.128. The largest absolute Gasteiger partial charge is 0.493 e. The molecule has 1 aliphatic carbocycles. The van der Waals surface area contributed by atoms with Crippen LogP contribution in [0.1, 0.15) is 45.1 Å². The smallest absolute Gasteiger partial charge is 0.257 e. The summed E-state index contributed by atoms with van der Waals surface area (Å²) in [5.74, 6) is 2.79. The van der Waals surface area contributed by atoms with Crippen molar-refractivity contribution in [3.63, 3.8) is 0 Å². The average Bonchev–Trinajstić information content (AvgIpc) is 2.60. The van der Waals surface area contributed by atoms with Gasteiger partial charge in [-0.1, -0.05) is 25.8 Å². The Hall–Kier alpha value is -1.75. The third-order valence-electron chi connectivity index (χ3n) is 4.77. The molecule has 0 aliphatic heterocycles. The van der Waals surface area contributed by atoms with Gasteiger partial charge in [-0.25, -0.2) is 0 Å². The predicted molar refractivity (Wildman–Crippen MR) is 100 cm³/mol. The SMILES string of the molecule is CCNC(=O)COc1ccc(CNCC2CCCC(C)C2)cc1OC. The molecule has 5 nitrogen and oxygen atoms in total. The second kappa shape index (κ2) is 10.3. The molecule has 0 radical (unpaired) electrons. The molecule has 1 fully saturated rings. The summed E-state index contributed by atoms with van der Waals surface area (Å²) < 4.78 is 11.0. The van der Waals surface area contributed by atoms with Crippen LogP contribution in [0.15, 0.2) is 18.2 Å². The first-order chi connectivity index (χ1) is 12.1. The number of carbonyl (C=O) groups excluding carboxylic acids is 1. The molecular formula is C20H32N2O3. The summed E-state index contributed by atoms with van der Waals surface area (Å²) in [6.07, 6.45) is 5.42. The Balaban J connectivity index is 1.82. The Labute approximate surface area is 151 Å². The fourth-order valence-electron chi connectivity index (χ4n) is 3.50. The van der Waals surface area contributed by atoms with Crippen molar-refractivity contribution in [1.82, 2.24) is 10.6 Å². The highest BCUT2D eigenvalue weighted by atomic mass is 16.5. The number of ether oxygens (including phenoxy) is 2. The van der Waals surface area contributed by atoms with Crippen molar-refractivity contribution in [3.05, 3.63) is 23.8 Å². The molecule has 1 aromatic carbocycles. The molecule has 2 atom stereocenters. The molecule has 0 bridgehead atoms. The quantitative estimate of drug-likeness (QED) is 0.720. The van der Waals surface area contributed by atoms with E-state index in [1.165, 1.54) is 25.7 Å². The molecule has 0 saturated heterocycles. The molecule has 1 aromatic rings. The van der Waals surface area contributed by atoms with Crippen LogP contribution in [0.3, 0.4) is 0 Å². The number of hydrogen-bond donors (Lipinski definition) is 2. The highest BCUT2D eigenvalue weighted by Gasteiger charge is 2.18. The Bertz CT molecular complexity index is 548. The fraction of sp³-hybridized carbons (Fsp3) is 0.650. The molecule has 2 rings (SSSR count). The van der Waals surface area contributed by atoms with Gasteiger partial charge in [0.2, 0.25) is 0 Å². The van der Waals surface area contributed by atoms with Crippen LogP contribution in [0, 0.1) is 11.8 Å². The zero-order valence-corrected chi connectivity index (χ0v) is 15.8. The van der Waals surface area contributed by atoms with E-state index in [1.54, 1.807) is 7.11 Å². The second-order valence-electron chi connectivity index (χ2n) is 7.00. The summed E-state index contributed by atoms with van der Waals surface area (Å²) in [4.78, 5) is 11.5. The highest BCUT2D eigenvalue weighted by Crippen LogP contribution is 2.29. The molecule has 0 spiro atoms. The molecule has 1 amide bonds. The maximum atomic E-state index is 11.5. The average molecular weight is 348 g/mol. The summed E-state index contributed by atoms with van der Waals surface area (Å²) in [7, 11) is 1.62. The first kappa shape index (κ1) is 19.6. The van der Waals surface area contributed by atoms with Gasteiger partial charge in [-0.05, 0) is 55.8 Å². The van der Waals surface area contributed by atoms with Gasteiger partial charge in [-0.3, -0.25) is 4.79 Å². The van der Waals surface area contributed by atoms with Gasteiger partial charge in [-0.15, -0.1) is 0 Å². The number of hydrogen-bond acceptors (Lipinski definition) is 4. The van der Waals surface area contributed by atoms with Gasteiger partial charge < -0.3 is 20.1 Å². The van der Waals surface area contributed by atoms with Crippen LogP contribution in [0.2, 0.25) is 0 Å². The van der Waals surface area contributed by atoms with Crippen molar-refractivity contribution in [2.45, 2.75) is 46.1 Å². The molecule has 1 aliphatic rings. The first-order valence-corrected chi connectivity index (χ1v) is 9.39. The first-order valence-electron chi connectivity index (χ1n) is 9.39. The Kier molecular flexibility index (Phi) is 8.06. The predicted octanol–water partition coefficient (Wildman–Crippen LogP) is 3.13. The lowest BCUT2D eigenvalue weighted by Gasteiger charge is -2.26. The van der Waals surface area contributed by atoms with E-state index >= 15 is 0 Å². The van der Waals surface area contributed by atoms with E-state index in [0.717, 1.165) is 30.5 Å². The summed E-state index contributed by atoms with van der Waals surface area (Å²) in [5.41, 5.74) is 1.16. The number of carbonyl (C=O) groups is 1. The maximum Gasteiger partial charge on any atom is 0.257 e. The van der Waals surface area contributed by atoms with Crippen molar-refractivity contribution in [1.29, 1.82) is 0 Å². The van der Waals surface area contributed by atoms with E-state index in [0.29, 0.717) is 18.0 Å². The lowest BCUT2D eigenvalue weighted by atomic mass is 9.82. The molecule has 2 unspecified atom stereocenters. The van der Waals surface area contributed by atoms with Crippen LogP contribution in [-0.4, -0.2) is 32.7 Å². The number of methoxy groups -OCH3 is 1. The van der Waals surface area contributed by atoms with Crippen LogP contribution < -0.4 is 20.1 Å². The van der Waals surface area contributed by atoms with Crippen molar-refractivity contribution >= 4 is 5.91 Å². The van der Waals surface area contributed by atoms with E-state index in [-0.39, 0.29) is 12.5 Å². The zero-order chi connectivity index (χ0) is 18.1. The van der Waals surface area contributed by atoms with Crippen molar-refractivity contribution in [2.75, 3.05) is 26.8 Å². The fourth-order valence-corrected chi connectivity index (χ4v) is 3.50. The molecule has 0 heterocycles. The normalized spacial score (nSPS) is 20.1. The highest BCUT2D eigenvalue weighted by molar-refractivity contribution is 5.77. The van der Waals surface area contributed by atoms with Gasteiger partial charge >= 0.3 is 0 Å². The monoisotopic (exact) mass is 348 g/mol. The van der Waals surface area contributed by atoms with Gasteiger partial charge in [0.1, 0.15) is 0 Å². The lowest BCUT2D eigenvalue weighted by molar-refractivity contribution is -0.123. The summed E-state index contributed by atoms with van der Waals surface area (Å²) in [5, 5.41) is 6.28. The van der Waals surface area contributed by atoms with Crippen molar-refractivity contribution < 1.29 is 14.3 Å². The van der Waals surface area contributed by atoms with Gasteiger partial charge in [0, 0.05) is 13.1 Å². The number of rotatable bonds is 9. The van der Waals surface area contributed by atoms with Gasteiger partial charge in [0.25, 0.3) is 5.91 Å². The van der Waals surface area contributed by atoms with Gasteiger partial charge in [0.05, 0.1) is 7.11 Å². The Morgan fingerprint density at radius 3 is 2.84 bits per heavy atom. The van der Waals surface area contributed by atoms with Crippen LogP contribution in [0.4, 0.5) is 0 Å². The number of benzene rings is 1. The third kappa shape index (κ3) is 6.58. The van der Waals surface area contributed by atoms with Crippen LogP contribution in [-0.2, 0) is 11.3 Å². The van der Waals surface area contributed by atoms with Gasteiger partial charge in [-0.2, -0.15) is 0 Å². The second-order valence-corrected chi connectivity index (χ2v) is 7.00. The molecule has 25 heavy (non-hydrogen) atoms. The minimum absolute atomic E-state index is 0.00165.